The zero-order chi connectivity index (χ0) is 23.1. The second-order valence-electron chi connectivity index (χ2n) is 7.04. The van der Waals surface area contributed by atoms with Crippen LogP contribution in [0, 0.1) is 0 Å². The van der Waals surface area contributed by atoms with E-state index < -0.39 is 11.8 Å². The largest absolute Gasteiger partial charge is 0.497 e. The molecule has 32 heavy (non-hydrogen) atoms. The van der Waals surface area contributed by atoms with E-state index in [1.165, 1.54) is 12.0 Å². The van der Waals surface area contributed by atoms with Gasteiger partial charge in [-0.15, -0.1) is 0 Å². The molecule has 1 heterocycles. The molecule has 0 bridgehead atoms. The lowest BCUT2D eigenvalue weighted by Crippen LogP contribution is -2.37. The number of hydrogen-bond donors (Lipinski definition) is 0. The van der Waals surface area contributed by atoms with Crippen molar-refractivity contribution in [3.63, 3.8) is 0 Å². The number of nitrogens with zero attached hydrogens (tertiary/aromatic N) is 2. The van der Waals surface area contributed by atoms with E-state index in [1.54, 1.807) is 57.7 Å². The van der Waals surface area contributed by atoms with Crippen LogP contribution >= 0.6 is 0 Å². The first kappa shape index (κ1) is 23.3. The van der Waals surface area contributed by atoms with Crippen molar-refractivity contribution >= 4 is 23.1 Å². The molecule has 170 valence electrons. The highest BCUT2D eigenvalue weighted by molar-refractivity contribution is 6.45. The highest BCUT2D eigenvalue weighted by atomic mass is 16.5. The molecule has 0 saturated carbocycles. The summed E-state index contributed by atoms with van der Waals surface area (Å²) in [5, 5.41) is 0. The number of anilines is 1. The number of benzene rings is 2. The number of carbonyl (C=O) groups is 2. The summed E-state index contributed by atoms with van der Waals surface area (Å²) in [6.45, 7) is 1.61. The van der Waals surface area contributed by atoms with Gasteiger partial charge in [0.2, 0.25) is 0 Å². The second-order valence-corrected chi connectivity index (χ2v) is 7.04. The SMILES string of the molecule is COCCN(CCOC)C1=C(c2ccccc2OC)C(=O)N(c2ccc(OC)cc2)C1=O. The third-order valence-electron chi connectivity index (χ3n) is 5.21. The molecule has 2 aromatic rings. The van der Waals surface area contributed by atoms with Crippen molar-refractivity contribution in [3.8, 4) is 11.5 Å². The minimum absolute atomic E-state index is 0.287. The average Bonchev–Trinajstić information content (AvgIpc) is 3.09. The molecule has 0 radical (unpaired) electrons. The molecule has 3 rings (SSSR count). The summed E-state index contributed by atoms with van der Waals surface area (Å²) < 4.78 is 21.2. The Kier molecular flexibility index (Phi) is 7.86. The molecule has 8 heteroatoms. The molecule has 1 aliphatic rings. The first-order valence-corrected chi connectivity index (χ1v) is 10.2. The topological polar surface area (TPSA) is 77.5 Å². The van der Waals surface area contributed by atoms with Crippen LogP contribution < -0.4 is 14.4 Å². The van der Waals surface area contributed by atoms with Crippen LogP contribution in [0.2, 0.25) is 0 Å². The summed E-state index contributed by atoms with van der Waals surface area (Å²) in [7, 11) is 6.28. The van der Waals surface area contributed by atoms with Gasteiger partial charge in [0.15, 0.2) is 0 Å². The lowest BCUT2D eigenvalue weighted by Gasteiger charge is -2.25. The molecular formula is C24H28N2O6. The van der Waals surface area contributed by atoms with E-state index in [0.717, 1.165) is 0 Å². The van der Waals surface area contributed by atoms with Crippen molar-refractivity contribution in [2.75, 3.05) is 59.6 Å². The maximum atomic E-state index is 13.7. The van der Waals surface area contributed by atoms with Gasteiger partial charge >= 0.3 is 0 Å². The lowest BCUT2D eigenvalue weighted by atomic mass is 10.0. The van der Waals surface area contributed by atoms with E-state index in [2.05, 4.69) is 0 Å². The standard InChI is InChI=1S/C24H28N2O6/c1-29-15-13-25(14-16-30-2)22-21(19-7-5-6-8-20(19)32-4)23(27)26(24(22)28)17-9-11-18(31-3)12-10-17/h5-12H,13-16H2,1-4H3. The quantitative estimate of drug-likeness (QED) is 0.497. The highest BCUT2D eigenvalue weighted by Crippen LogP contribution is 2.38. The van der Waals surface area contributed by atoms with Gasteiger partial charge < -0.3 is 23.8 Å². The van der Waals surface area contributed by atoms with E-state index in [1.807, 2.05) is 17.0 Å². The molecule has 0 unspecified atom stereocenters. The summed E-state index contributed by atoms with van der Waals surface area (Å²) in [5.74, 6) is 0.316. The minimum Gasteiger partial charge on any atom is -0.497 e. The fourth-order valence-corrected chi connectivity index (χ4v) is 3.61. The average molecular weight is 440 g/mol. The maximum absolute atomic E-state index is 13.7. The molecule has 0 saturated heterocycles. The number of methoxy groups -OCH3 is 4. The van der Waals surface area contributed by atoms with Crippen LogP contribution in [-0.4, -0.2) is 71.5 Å². The Hall–Kier alpha value is -3.36. The van der Waals surface area contributed by atoms with E-state index in [-0.39, 0.29) is 5.57 Å². The molecule has 0 N–H and O–H groups in total. The highest BCUT2D eigenvalue weighted by Gasteiger charge is 2.43. The van der Waals surface area contributed by atoms with Crippen molar-refractivity contribution in [1.82, 2.24) is 4.90 Å². The molecule has 1 aliphatic heterocycles. The summed E-state index contributed by atoms with van der Waals surface area (Å²) in [6.07, 6.45) is 0. The summed E-state index contributed by atoms with van der Waals surface area (Å²) in [6, 6.07) is 14.0. The number of rotatable bonds is 11. The van der Waals surface area contributed by atoms with Crippen LogP contribution in [0.25, 0.3) is 5.57 Å². The normalized spacial score (nSPS) is 13.7. The number of carbonyl (C=O) groups excluding carboxylic acids is 2. The zero-order valence-electron chi connectivity index (χ0n) is 18.8. The smallest absolute Gasteiger partial charge is 0.282 e. The number of imide groups is 1. The van der Waals surface area contributed by atoms with E-state index >= 15 is 0 Å². The van der Waals surface area contributed by atoms with Gasteiger partial charge in [0.25, 0.3) is 11.8 Å². The molecule has 0 spiro atoms. The van der Waals surface area contributed by atoms with Gasteiger partial charge in [-0.25, -0.2) is 4.90 Å². The fraction of sp³-hybridized carbons (Fsp3) is 0.333. The Balaban J connectivity index is 2.15. The van der Waals surface area contributed by atoms with Gasteiger partial charge in [-0.1, -0.05) is 18.2 Å². The maximum Gasteiger partial charge on any atom is 0.282 e. The van der Waals surface area contributed by atoms with E-state index in [0.29, 0.717) is 54.8 Å². The Morgan fingerprint density at radius 2 is 1.41 bits per heavy atom. The third kappa shape index (κ3) is 4.61. The monoisotopic (exact) mass is 440 g/mol. The Bertz CT molecular complexity index is 978. The predicted octanol–water partition coefficient (Wildman–Crippen LogP) is 2.58. The number of amides is 2. The molecule has 2 amide bonds. The summed E-state index contributed by atoms with van der Waals surface area (Å²) in [5.41, 5.74) is 1.60. The lowest BCUT2D eigenvalue weighted by molar-refractivity contribution is -0.120. The Morgan fingerprint density at radius 1 is 0.781 bits per heavy atom. The summed E-state index contributed by atoms with van der Waals surface area (Å²) >= 11 is 0. The van der Waals surface area contributed by atoms with Crippen LogP contribution in [0.3, 0.4) is 0 Å². The van der Waals surface area contributed by atoms with Gasteiger partial charge in [0, 0.05) is 32.9 Å². The predicted molar refractivity (Wildman–Crippen MR) is 121 cm³/mol. The second kappa shape index (κ2) is 10.8. The van der Waals surface area contributed by atoms with Crippen LogP contribution in [0.15, 0.2) is 54.2 Å². The van der Waals surface area contributed by atoms with Crippen LogP contribution in [0.5, 0.6) is 11.5 Å². The number of ether oxygens (including phenoxy) is 4. The first-order chi connectivity index (χ1) is 15.6. The minimum atomic E-state index is -0.417. The fourth-order valence-electron chi connectivity index (χ4n) is 3.61. The van der Waals surface area contributed by atoms with Crippen molar-refractivity contribution in [3.05, 3.63) is 59.8 Å². The molecule has 0 atom stereocenters. The van der Waals surface area contributed by atoms with Crippen molar-refractivity contribution in [2.24, 2.45) is 0 Å². The Morgan fingerprint density at radius 3 is 1.97 bits per heavy atom. The van der Waals surface area contributed by atoms with Gasteiger partial charge in [-0.05, 0) is 30.3 Å². The number of hydrogen-bond acceptors (Lipinski definition) is 7. The van der Waals surface area contributed by atoms with Crippen LogP contribution in [0.4, 0.5) is 5.69 Å². The van der Waals surface area contributed by atoms with Crippen molar-refractivity contribution < 1.29 is 28.5 Å². The van der Waals surface area contributed by atoms with Crippen molar-refractivity contribution in [2.45, 2.75) is 0 Å². The van der Waals surface area contributed by atoms with Crippen molar-refractivity contribution in [1.29, 1.82) is 0 Å². The van der Waals surface area contributed by atoms with Gasteiger partial charge in [-0.2, -0.15) is 0 Å². The van der Waals surface area contributed by atoms with Crippen LogP contribution in [-0.2, 0) is 19.1 Å². The van der Waals surface area contributed by atoms with Gasteiger partial charge in [0.1, 0.15) is 17.2 Å². The summed E-state index contributed by atoms with van der Waals surface area (Å²) in [4.78, 5) is 30.4. The molecular weight excluding hydrogens is 412 g/mol. The zero-order valence-corrected chi connectivity index (χ0v) is 18.8. The van der Waals surface area contributed by atoms with Crippen LogP contribution in [0.1, 0.15) is 5.56 Å². The number of para-hydroxylation sites is 1. The Labute approximate surface area is 187 Å². The molecule has 0 aromatic heterocycles. The van der Waals surface area contributed by atoms with Gasteiger partial charge in [0.05, 0.1) is 38.7 Å². The van der Waals surface area contributed by atoms with Gasteiger partial charge in [-0.3, -0.25) is 9.59 Å². The molecule has 8 nitrogen and oxygen atoms in total. The first-order valence-electron chi connectivity index (χ1n) is 10.2. The van der Waals surface area contributed by atoms with E-state index in [4.69, 9.17) is 18.9 Å². The van der Waals surface area contributed by atoms with E-state index in [9.17, 15) is 9.59 Å². The third-order valence-corrected chi connectivity index (χ3v) is 5.21. The molecule has 0 fully saturated rings. The molecule has 0 aliphatic carbocycles. The molecule has 2 aromatic carbocycles.